The number of benzene rings is 1. The number of likely N-dealkylation sites (N-methyl/N-ethyl adjacent to an activating group) is 1. The molecule has 0 spiro atoms. The van der Waals surface area contributed by atoms with E-state index in [-0.39, 0.29) is 12.4 Å². The lowest BCUT2D eigenvalue weighted by Crippen LogP contribution is -2.45. The molecule has 1 rings (SSSR count). The second-order valence-corrected chi connectivity index (χ2v) is 4.29. The molecule has 0 radical (unpaired) electrons. The maximum atomic E-state index is 13.5. The highest BCUT2D eigenvalue weighted by Crippen LogP contribution is 2.14. The Morgan fingerprint density at radius 2 is 2.12 bits per heavy atom. The van der Waals surface area contributed by atoms with Crippen LogP contribution in [0.4, 0.5) is 4.39 Å². The number of aliphatic hydroxyl groups is 1. The van der Waals surface area contributed by atoms with Gasteiger partial charge in [0.15, 0.2) is 0 Å². The zero-order valence-electron chi connectivity index (χ0n) is 9.69. The second kappa shape index (κ2) is 5.77. The van der Waals surface area contributed by atoms with Crippen molar-refractivity contribution in [2.75, 3.05) is 26.7 Å². The summed E-state index contributed by atoms with van der Waals surface area (Å²) in [6, 6.07) is 6.76. The van der Waals surface area contributed by atoms with Crippen LogP contribution < -0.4 is 0 Å². The van der Waals surface area contributed by atoms with Crippen LogP contribution in [0.2, 0.25) is 0 Å². The zero-order chi connectivity index (χ0) is 12.0. The monoisotopic (exact) mass is 224 g/mol. The van der Waals surface area contributed by atoms with E-state index in [1.54, 1.807) is 18.2 Å². The predicted molar refractivity (Wildman–Crippen MR) is 63.3 cm³/mol. The molecule has 2 nitrogen and oxygen atoms in total. The highest BCUT2D eigenvalue weighted by atomic mass is 19.1. The number of hydrogen-bond donors (Lipinski definition) is 1. The van der Waals surface area contributed by atoms with E-state index in [4.69, 9.17) is 5.11 Å². The first kappa shape index (κ1) is 12.9. The summed E-state index contributed by atoms with van der Waals surface area (Å²) in [5.41, 5.74) is 0.681. The number of rotatable bonds is 6. The Bertz CT molecular complexity index is 354. The lowest BCUT2D eigenvalue weighted by atomic mass is 10.1. The summed E-state index contributed by atoms with van der Waals surface area (Å²) >= 11 is 0. The van der Waals surface area contributed by atoms with Gasteiger partial charge in [0, 0.05) is 5.56 Å². The van der Waals surface area contributed by atoms with Gasteiger partial charge in [-0.2, -0.15) is 0 Å². The van der Waals surface area contributed by atoms with Crippen molar-refractivity contribution in [1.82, 2.24) is 0 Å². The maximum Gasteiger partial charge on any atom is 0.132 e. The molecule has 0 saturated carbocycles. The molecule has 1 aromatic rings. The minimum atomic E-state index is -0.186. The Labute approximate surface area is 96.2 Å². The molecule has 1 N–H and O–H groups in total. The van der Waals surface area contributed by atoms with Gasteiger partial charge in [0.1, 0.15) is 18.9 Å². The van der Waals surface area contributed by atoms with E-state index in [2.05, 4.69) is 6.58 Å². The van der Waals surface area contributed by atoms with E-state index < -0.39 is 0 Å². The van der Waals surface area contributed by atoms with E-state index in [9.17, 15) is 4.39 Å². The van der Waals surface area contributed by atoms with Gasteiger partial charge in [-0.05, 0) is 12.1 Å². The molecule has 1 aromatic carbocycles. The first-order valence-electron chi connectivity index (χ1n) is 5.40. The molecule has 0 aromatic heterocycles. The average Bonchev–Trinajstić information content (AvgIpc) is 2.22. The first-order valence-corrected chi connectivity index (χ1v) is 5.40. The van der Waals surface area contributed by atoms with E-state index in [0.717, 1.165) is 6.54 Å². The van der Waals surface area contributed by atoms with Crippen LogP contribution in [0.1, 0.15) is 5.56 Å². The van der Waals surface area contributed by atoms with Gasteiger partial charge in [0.05, 0.1) is 20.2 Å². The molecule has 16 heavy (non-hydrogen) atoms. The second-order valence-electron chi connectivity index (χ2n) is 4.29. The molecule has 1 atom stereocenters. The fourth-order valence-electron chi connectivity index (χ4n) is 1.83. The van der Waals surface area contributed by atoms with Gasteiger partial charge in [0.25, 0.3) is 0 Å². The van der Waals surface area contributed by atoms with Crippen molar-refractivity contribution in [3.8, 4) is 0 Å². The van der Waals surface area contributed by atoms with E-state index >= 15 is 0 Å². The van der Waals surface area contributed by atoms with Crippen LogP contribution >= 0.6 is 0 Å². The van der Waals surface area contributed by atoms with Crippen LogP contribution in [0, 0.1) is 5.82 Å². The standard InChI is InChI=1S/C13H19FNO/c1-3-8-15(2,9-10-16)11-12-6-4-5-7-13(12)14/h3-7,16H,1,8-11H2,2H3/q+1. The average molecular weight is 224 g/mol. The Morgan fingerprint density at radius 1 is 1.44 bits per heavy atom. The normalized spacial score (nSPS) is 14.4. The molecule has 0 aliphatic rings. The Morgan fingerprint density at radius 3 is 2.69 bits per heavy atom. The Hall–Kier alpha value is -1.19. The Kier molecular flexibility index (Phi) is 4.65. The summed E-state index contributed by atoms with van der Waals surface area (Å²) in [5.74, 6) is -0.186. The molecule has 3 heteroatoms. The van der Waals surface area contributed by atoms with E-state index in [1.807, 2.05) is 13.1 Å². The summed E-state index contributed by atoms with van der Waals surface area (Å²) < 4.78 is 14.1. The van der Waals surface area contributed by atoms with Crippen LogP contribution in [0.3, 0.4) is 0 Å². The van der Waals surface area contributed by atoms with Crippen molar-refractivity contribution in [2.45, 2.75) is 6.54 Å². The van der Waals surface area contributed by atoms with Crippen molar-refractivity contribution in [1.29, 1.82) is 0 Å². The smallest absolute Gasteiger partial charge is 0.132 e. The van der Waals surface area contributed by atoms with Gasteiger partial charge in [-0.25, -0.2) is 4.39 Å². The van der Waals surface area contributed by atoms with Gasteiger partial charge in [-0.3, -0.25) is 0 Å². The SMILES string of the molecule is C=CC[N+](C)(CCO)Cc1ccccc1F. The van der Waals surface area contributed by atoms with Crippen molar-refractivity contribution < 1.29 is 14.0 Å². The molecule has 0 fully saturated rings. The molecule has 88 valence electrons. The van der Waals surface area contributed by atoms with E-state index in [0.29, 0.717) is 23.1 Å². The van der Waals surface area contributed by atoms with Gasteiger partial charge >= 0.3 is 0 Å². The molecule has 0 aliphatic heterocycles. The minimum Gasteiger partial charge on any atom is -0.391 e. The Balaban J connectivity index is 2.83. The minimum absolute atomic E-state index is 0.0960. The topological polar surface area (TPSA) is 20.2 Å². The first-order chi connectivity index (χ1) is 7.61. The zero-order valence-corrected chi connectivity index (χ0v) is 9.69. The number of quaternary nitrogens is 1. The van der Waals surface area contributed by atoms with Crippen molar-refractivity contribution in [3.63, 3.8) is 0 Å². The van der Waals surface area contributed by atoms with Crippen LogP contribution in [0.25, 0.3) is 0 Å². The summed E-state index contributed by atoms with van der Waals surface area (Å²) in [4.78, 5) is 0. The molecule has 0 saturated heterocycles. The van der Waals surface area contributed by atoms with E-state index in [1.165, 1.54) is 6.07 Å². The lowest BCUT2D eigenvalue weighted by Gasteiger charge is -2.33. The third kappa shape index (κ3) is 3.43. The van der Waals surface area contributed by atoms with Gasteiger partial charge in [-0.15, -0.1) is 0 Å². The molecular weight excluding hydrogens is 205 g/mol. The number of hydrogen-bond acceptors (Lipinski definition) is 1. The van der Waals surface area contributed by atoms with Gasteiger partial charge in [-0.1, -0.05) is 24.8 Å². The van der Waals surface area contributed by atoms with Crippen molar-refractivity contribution >= 4 is 0 Å². The fourth-order valence-corrected chi connectivity index (χ4v) is 1.83. The van der Waals surface area contributed by atoms with Gasteiger partial charge in [0.2, 0.25) is 0 Å². The third-order valence-corrected chi connectivity index (χ3v) is 2.72. The number of nitrogens with zero attached hydrogens (tertiary/aromatic N) is 1. The maximum absolute atomic E-state index is 13.5. The quantitative estimate of drug-likeness (QED) is 0.578. The summed E-state index contributed by atoms with van der Waals surface area (Å²) in [7, 11) is 1.99. The van der Waals surface area contributed by atoms with Crippen LogP contribution in [-0.4, -0.2) is 36.3 Å². The lowest BCUT2D eigenvalue weighted by molar-refractivity contribution is -0.917. The molecule has 0 bridgehead atoms. The fraction of sp³-hybridized carbons (Fsp3) is 0.385. The number of halogens is 1. The van der Waals surface area contributed by atoms with Crippen LogP contribution in [-0.2, 0) is 6.54 Å². The molecule has 0 amide bonds. The summed E-state index contributed by atoms with van der Waals surface area (Å²) in [6.07, 6.45) is 1.80. The van der Waals surface area contributed by atoms with Crippen molar-refractivity contribution in [2.24, 2.45) is 0 Å². The number of aliphatic hydroxyl groups excluding tert-OH is 1. The molecule has 0 heterocycles. The van der Waals surface area contributed by atoms with Crippen LogP contribution in [0.5, 0.6) is 0 Å². The van der Waals surface area contributed by atoms with Gasteiger partial charge < -0.3 is 9.59 Å². The summed E-state index contributed by atoms with van der Waals surface area (Å²) in [6.45, 7) is 5.68. The van der Waals surface area contributed by atoms with Crippen LogP contribution in [0.15, 0.2) is 36.9 Å². The highest BCUT2D eigenvalue weighted by molar-refractivity contribution is 5.16. The molecule has 1 unspecified atom stereocenters. The largest absolute Gasteiger partial charge is 0.391 e. The third-order valence-electron chi connectivity index (χ3n) is 2.72. The molecular formula is C13H19FNO+. The highest BCUT2D eigenvalue weighted by Gasteiger charge is 2.21. The predicted octanol–water partition coefficient (Wildman–Crippen LogP) is 1.95. The van der Waals surface area contributed by atoms with Crippen molar-refractivity contribution in [3.05, 3.63) is 48.3 Å². The molecule has 0 aliphatic carbocycles. The summed E-state index contributed by atoms with van der Waals surface area (Å²) in [5, 5.41) is 9.03.